The summed E-state index contributed by atoms with van der Waals surface area (Å²) in [5, 5.41) is 3.79. The SMILES string of the molecule is CC(C(=O)NC1CCC(N)CC1)c1cccc(Cl)c1. The lowest BCUT2D eigenvalue weighted by Gasteiger charge is -2.28. The molecule has 19 heavy (non-hydrogen) atoms. The van der Waals surface area contributed by atoms with Crippen LogP contribution in [0.25, 0.3) is 0 Å². The van der Waals surface area contributed by atoms with Crippen LogP contribution in [-0.4, -0.2) is 18.0 Å². The summed E-state index contributed by atoms with van der Waals surface area (Å²) in [5.74, 6) is -0.1000. The molecule has 0 aliphatic heterocycles. The van der Waals surface area contributed by atoms with Crippen molar-refractivity contribution >= 4 is 17.5 Å². The van der Waals surface area contributed by atoms with Crippen LogP contribution in [0.1, 0.15) is 44.1 Å². The summed E-state index contributed by atoms with van der Waals surface area (Å²) in [4.78, 5) is 12.2. The minimum Gasteiger partial charge on any atom is -0.353 e. The molecule has 1 saturated carbocycles. The van der Waals surface area contributed by atoms with Gasteiger partial charge in [0.1, 0.15) is 0 Å². The number of hydrogen-bond donors (Lipinski definition) is 2. The van der Waals surface area contributed by atoms with E-state index in [9.17, 15) is 4.79 Å². The van der Waals surface area contributed by atoms with E-state index in [4.69, 9.17) is 17.3 Å². The van der Waals surface area contributed by atoms with Crippen molar-refractivity contribution in [3.8, 4) is 0 Å². The number of amides is 1. The maximum Gasteiger partial charge on any atom is 0.227 e. The highest BCUT2D eigenvalue weighted by Gasteiger charge is 2.23. The van der Waals surface area contributed by atoms with E-state index in [1.54, 1.807) is 0 Å². The molecule has 1 atom stereocenters. The van der Waals surface area contributed by atoms with Gasteiger partial charge in [0.15, 0.2) is 0 Å². The van der Waals surface area contributed by atoms with Crippen molar-refractivity contribution < 1.29 is 4.79 Å². The van der Waals surface area contributed by atoms with Gasteiger partial charge in [-0.15, -0.1) is 0 Å². The third-order valence-electron chi connectivity index (χ3n) is 3.86. The summed E-state index contributed by atoms with van der Waals surface area (Å²) in [5.41, 5.74) is 6.82. The zero-order valence-corrected chi connectivity index (χ0v) is 12.0. The number of rotatable bonds is 3. The van der Waals surface area contributed by atoms with Gasteiger partial charge in [-0.05, 0) is 50.3 Å². The largest absolute Gasteiger partial charge is 0.353 e. The Bertz CT molecular complexity index is 442. The lowest BCUT2D eigenvalue weighted by atomic mass is 9.91. The number of carbonyl (C=O) groups is 1. The number of hydrogen-bond acceptors (Lipinski definition) is 2. The molecule has 1 aromatic rings. The van der Waals surface area contributed by atoms with Crippen molar-refractivity contribution in [2.24, 2.45) is 5.73 Å². The molecule has 1 aliphatic carbocycles. The Labute approximate surface area is 119 Å². The number of halogens is 1. The summed E-state index contributed by atoms with van der Waals surface area (Å²) in [6.07, 6.45) is 3.96. The topological polar surface area (TPSA) is 55.1 Å². The standard InChI is InChI=1S/C15H21ClN2O/c1-10(11-3-2-4-12(16)9-11)15(19)18-14-7-5-13(17)6-8-14/h2-4,9-10,13-14H,5-8,17H2,1H3,(H,18,19). The first-order valence-corrected chi connectivity index (χ1v) is 7.25. The number of nitrogens with two attached hydrogens (primary N) is 1. The third-order valence-corrected chi connectivity index (χ3v) is 4.10. The first kappa shape index (κ1) is 14.4. The van der Waals surface area contributed by atoms with Crippen LogP contribution < -0.4 is 11.1 Å². The second-order valence-corrected chi connectivity index (χ2v) is 5.83. The Balaban J connectivity index is 1.92. The predicted molar refractivity (Wildman–Crippen MR) is 78.2 cm³/mol. The number of carbonyl (C=O) groups excluding carboxylic acids is 1. The summed E-state index contributed by atoms with van der Waals surface area (Å²) >= 11 is 5.96. The van der Waals surface area contributed by atoms with Crippen molar-refractivity contribution in [3.05, 3.63) is 34.9 Å². The quantitative estimate of drug-likeness (QED) is 0.894. The molecular weight excluding hydrogens is 260 g/mol. The van der Waals surface area contributed by atoms with E-state index in [2.05, 4.69) is 5.32 Å². The van der Waals surface area contributed by atoms with E-state index < -0.39 is 0 Å². The van der Waals surface area contributed by atoms with E-state index in [0.29, 0.717) is 11.1 Å². The summed E-state index contributed by atoms with van der Waals surface area (Å²) < 4.78 is 0. The first-order chi connectivity index (χ1) is 9.06. The molecule has 104 valence electrons. The van der Waals surface area contributed by atoms with E-state index in [0.717, 1.165) is 31.2 Å². The predicted octanol–water partition coefficient (Wildman–Crippen LogP) is 2.83. The molecule has 0 bridgehead atoms. The normalized spacial score (nSPS) is 24.8. The van der Waals surface area contributed by atoms with Gasteiger partial charge < -0.3 is 11.1 Å². The highest BCUT2D eigenvalue weighted by molar-refractivity contribution is 6.30. The van der Waals surface area contributed by atoms with Gasteiger partial charge in [-0.2, -0.15) is 0 Å². The second kappa shape index (κ2) is 6.40. The minimum absolute atomic E-state index is 0.0720. The molecule has 0 spiro atoms. The van der Waals surface area contributed by atoms with Crippen molar-refractivity contribution in [2.75, 3.05) is 0 Å². The Morgan fingerprint density at radius 3 is 2.68 bits per heavy atom. The fraction of sp³-hybridized carbons (Fsp3) is 0.533. The molecule has 2 rings (SSSR count). The van der Waals surface area contributed by atoms with Gasteiger partial charge in [0.25, 0.3) is 0 Å². The monoisotopic (exact) mass is 280 g/mol. The molecule has 3 nitrogen and oxygen atoms in total. The van der Waals surface area contributed by atoms with E-state index in [-0.39, 0.29) is 17.9 Å². The highest BCUT2D eigenvalue weighted by atomic mass is 35.5. The van der Waals surface area contributed by atoms with Crippen LogP contribution in [0.15, 0.2) is 24.3 Å². The molecule has 0 radical (unpaired) electrons. The van der Waals surface area contributed by atoms with Crippen LogP contribution >= 0.6 is 11.6 Å². The van der Waals surface area contributed by atoms with Crippen molar-refractivity contribution in [2.45, 2.75) is 50.6 Å². The fourth-order valence-electron chi connectivity index (χ4n) is 2.52. The summed E-state index contributed by atoms with van der Waals surface area (Å²) in [6.45, 7) is 1.91. The van der Waals surface area contributed by atoms with E-state index in [1.807, 2.05) is 31.2 Å². The Morgan fingerprint density at radius 2 is 2.05 bits per heavy atom. The van der Waals surface area contributed by atoms with Gasteiger partial charge in [0.2, 0.25) is 5.91 Å². The molecule has 4 heteroatoms. The molecule has 3 N–H and O–H groups in total. The lowest BCUT2D eigenvalue weighted by molar-refractivity contribution is -0.123. The Morgan fingerprint density at radius 1 is 1.37 bits per heavy atom. The lowest BCUT2D eigenvalue weighted by Crippen LogP contribution is -2.42. The van der Waals surface area contributed by atoms with E-state index in [1.165, 1.54) is 0 Å². The maximum absolute atomic E-state index is 12.2. The molecular formula is C15H21ClN2O. The highest BCUT2D eigenvalue weighted by Crippen LogP contribution is 2.21. The maximum atomic E-state index is 12.2. The van der Waals surface area contributed by atoms with Gasteiger partial charge in [-0.1, -0.05) is 23.7 Å². The Hall–Kier alpha value is -1.06. The molecule has 1 aromatic carbocycles. The molecule has 0 heterocycles. The molecule has 1 unspecified atom stereocenters. The number of nitrogens with one attached hydrogen (secondary N) is 1. The van der Waals surface area contributed by atoms with Gasteiger partial charge in [-0.25, -0.2) is 0 Å². The van der Waals surface area contributed by atoms with Gasteiger partial charge >= 0.3 is 0 Å². The van der Waals surface area contributed by atoms with Gasteiger partial charge in [0.05, 0.1) is 5.92 Å². The van der Waals surface area contributed by atoms with Crippen LogP contribution in [0.5, 0.6) is 0 Å². The summed E-state index contributed by atoms with van der Waals surface area (Å²) in [7, 11) is 0. The van der Waals surface area contributed by atoms with Crippen molar-refractivity contribution in [3.63, 3.8) is 0 Å². The average Bonchev–Trinajstić information content (AvgIpc) is 2.40. The molecule has 1 fully saturated rings. The zero-order valence-electron chi connectivity index (χ0n) is 11.2. The van der Waals surface area contributed by atoms with Crippen LogP contribution in [0.3, 0.4) is 0 Å². The average molecular weight is 281 g/mol. The Kier molecular flexibility index (Phi) is 4.83. The smallest absolute Gasteiger partial charge is 0.227 e. The third kappa shape index (κ3) is 3.95. The van der Waals surface area contributed by atoms with Crippen LogP contribution in [0.2, 0.25) is 5.02 Å². The molecule has 0 aromatic heterocycles. The molecule has 1 aliphatic rings. The molecule has 0 saturated heterocycles. The first-order valence-electron chi connectivity index (χ1n) is 6.87. The van der Waals surface area contributed by atoms with Crippen LogP contribution in [0.4, 0.5) is 0 Å². The molecule has 1 amide bonds. The van der Waals surface area contributed by atoms with Crippen molar-refractivity contribution in [1.82, 2.24) is 5.32 Å². The van der Waals surface area contributed by atoms with Gasteiger partial charge in [-0.3, -0.25) is 4.79 Å². The number of benzene rings is 1. The van der Waals surface area contributed by atoms with Crippen LogP contribution in [-0.2, 0) is 4.79 Å². The van der Waals surface area contributed by atoms with Crippen LogP contribution in [0, 0.1) is 0 Å². The van der Waals surface area contributed by atoms with Gasteiger partial charge in [0, 0.05) is 17.1 Å². The summed E-state index contributed by atoms with van der Waals surface area (Å²) in [6, 6.07) is 8.06. The minimum atomic E-state index is -0.172. The second-order valence-electron chi connectivity index (χ2n) is 5.40. The van der Waals surface area contributed by atoms with E-state index >= 15 is 0 Å². The fourth-order valence-corrected chi connectivity index (χ4v) is 2.72. The zero-order chi connectivity index (χ0) is 13.8. The van der Waals surface area contributed by atoms with Crippen molar-refractivity contribution in [1.29, 1.82) is 0 Å².